The molecule has 0 aromatic heterocycles. The van der Waals surface area contributed by atoms with E-state index in [1.165, 1.54) is 11.1 Å². The molecule has 1 fully saturated rings. The summed E-state index contributed by atoms with van der Waals surface area (Å²) >= 11 is 0. The third kappa shape index (κ3) is 2.46. The molecule has 1 aliphatic carbocycles. The van der Waals surface area contributed by atoms with Gasteiger partial charge in [0.2, 0.25) is 0 Å². The average Bonchev–Trinajstić information content (AvgIpc) is 2.20. The van der Waals surface area contributed by atoms with Gasteiger partial charge in [0.1, 0.15) is 0 Å². The van der Waals surface area contributed by atoms with Crippen molar-refractivity contribution in [3.63, 3.8) is 0 Å². The molecular formula is C12H20O2. The van der Waals surface area contributed by atoms with Crippen molar-refractivity contribution in [3.05, 3.63) is 23.8 Å². The van der Waals surface area contributed by atoms with Crippen LogP contribution in [-0.4, -0.2) is 24.9 Å². The van der Waals surface area contributed by atoms with E-state index >= 15 is 0 Å². The molecule has 2 atom stereocenters. The van der Waals surface area contributed by atoms with Gasteiger partial charge in [0.25, 0.3) is 0 Å². The zero-order chi connectivity index (χ0) is 10.6. The highest BCUT2D eigenvalue weighted by molar-refractivity contribution is 5.22. The lowest BCUT2D eigenvalue weighted by atomic mass is 9.78. The maximum atomic E-state index is 8.86. The molecule has 0 spiro atoms. The first-order valence-electron chi connectivity index (χ1n) is 5.23. The number of aliphatic hydroxyl groups is 1. The third-order valence-corrected chi connectivity index (χ3v) is 3.05. The average molecular weight is 196 g/mol. The smallest absolute Gasteiger partial charge is 0.0818 e. The molecule has 0 aliphatic heterocycles. The van der Waals surface area contributed by atoms with Crippen LogP contribution in [-0.2, 0) is 4.74 Å². The van der Waals surface area contributed by atoms with Gasteiger partial charge in [-0.15, -0.1) is 0 Å². The summed E-state index contributed by atoms with van der Waals surface area (Å²) in [7, 11) is 1.73. The highest BCUT2D eigenvalue weighted by Crippen LogP contribution is 2.35. The van der Waals surface area contributed by atoms with Crippen molar-refractivity contribution in [3.8, 4) is 0 Å². The summed E-state index contributed by atoms with van der Waals surface area (Å²) in [4.78, 5) is 0. The molecule has 0 saturated heterocycles. The second-order valence-corrected chi connectivity index (χ2v) is 3.86. The van der Waals surface area contributed by atoms with E-state index in [1.807, 2.05) is 6.08 Å². The van der Waals surface area contributed by atoms with Crippen LogP contribution in [0.5, 0.6) is 0 Å². The summed E-state index contributed by atoms with van der Waals surface area (Å²) in [5.41, 5.74) is 2.52. The number of ether oxygens (including phenoxy) is 1. The lowest BCUT2D eigenvalue weighted by Crippen LogP contribution is -2.26. The number of hydrogen-bond acceptors (Lipinski definition) is 2. The molecule has 0 radical (unpaired) electrons. The molecule has 1 saturated carbocycles. The van der Waals surface area contributed by atoms with Crippen LogP contribution in [0.3, 0.4) is 0 Å². The number of hydrogen-bond donors (Lipinski definition) is 1. The maximum absolute atomic E-state index is 8.86. The van der Waals surface area contributed by atoms with Gasteiger partial charge < -0.3 is 9.84 Å². The molecule has 0 heterocycles. The molecule has 1 rings (SSSR count). The van der Waals surface area contributed by atoms with Crippen LogP contribution in [0.1, 0.15) is 26.2 Å². The first-order valence-corrected chi connectivity index (χ1v) is 5.23. The van der Waals surface area contributed by atoms with Crippen LogP contribution in [0.4, 0.5) is 0 Å². The van der Waals surface area contributed by atoms with Crippen molar-refractivity contribution >= 4 is 0 Å². The molecule has 0 aromatic carbocycles. The second kappa shape index (κ2) is 5.32. The molecule has 80 valence electrons. The van der Waals surface area contributed by atoms with Crippen molar-refractivity contribution in [1.29, 1.82) is 0 Å². The van der Waals surface area contributed by atoms with Gasteiger partial charge in [0.15, 0.2) is 0 Å². The van der Waals surface area contributed by atoms with Crippen molar-refractivity contribution in [2.75, 3.05) is 13.7 Å². The van der Waals surface area contributed by atoms with Gasteiger partial charge in [0, 0.05) is 7.11 Å². The molecule has 1 N–H and O–H groups in total. The standard InChI is InChI=1S/C12H20O2/c1-4-11-7-10(5-6-13)8-12(14-3)9(11)2/h5,11-13H,2,4,6-8H2,1,3H3. The molecule has 0 amide bonds. The van der Waals surface area contributed by atoms with E-state index in [0.717, 1.165) is 19.3 Å². The molecule has 1 aliphatic rings. The molecule has 14 heavy (non-hydrogen) atoms. The van der Waals surface area contributed by atoms with Gasteiger partial charge >= 0.3 is 0 Å². The third-order valence-electron chi connectivity index (χ3n) is 3.05. The van der Waals surface area contributed by atoms with Crippen molar-refractivity contribution in [2.45, 2.75) is 32.3 Å². The number of methoxy groups -OCH3 is 1. The fourth-order valence-electron chi connectivity index (χ4n) is 2.10. The zero-order valence-corrected chi connectivity index (χ0v) is 9.12. The SMILES string of the molecule is C=C1C(CC)CC(=CCO)CC1OC. The van der Waals surface area contributed by atoms with Gasteiger partial charge in [-0.25, -0.2) is 0 Å². The van der Waals surface area contributed by atoms with Crippen molar-refractivity contribution in [1.82, 2.24) is 0 Å². The van der Waals surface area contributed by atoms with E-state index in [2.05, 4.69) is 13.5 Å². The van der Waals surface area contributed by atoms with Crippen LogP contribution < -0.4 is 0 Å². The summed E-state index contributed by atoms with van der Waals surface area (Å²) in [6, 6.07) is 0. The summed E-state index contributed by atoms with van der Waals surface area (Å²) in [5, 5.41) is 8.86. The monoisotopic (exact) mass is 196 g/mol. The van der Waals surface area contributed by atoms with E-state index < -0.39 is 0 Å². The summed E-state index contributed by atoms with van der Waals surface area (Å²) in [5.74, 6) is 0.520. The highest BCUT2D eigenvalue weighted by Gasteiger charge is 2.27. The van der Waals surface area contributed by atoms with Crippen LogP contribution in [0.2, 0.25) is 0 Å². The van der Waals surface area contributed by atoms with Gasteiger partial charge in [-0.2, -0.15) is 0 Å². The van der Waals surface area contributed by atoms with Crippen LogP contribution in [0.25, 0.3) is 0 Å². The predicted molar refractivity (Wildman–Crippen MR) is 58.1 cm³/mol. The van der Waals surface area contributed by atoms with Crippen molar-refractivity contribution in [2.24, 2.45) is 5.92 Å². The zero-order valence-electron chi connectivity index (χ0n) is 9.12. The Morgan fingerprint density at radius 2 is 2.29 bits per heavy atom. The first kappa shape index (κ1) is 11.5. The van der Waals surface area contributed by atoms with Gasteiger partial charge in [-0.1, -0.05) is 25.2 Å². The molecule has 0 aromatic rings. The minimum atomic E-state index is 0.134. The summed E-state index contributed by atoms with van der Waals surface area (Å²) < 4.78 is 5.39. The maximum Gasteiger partial charge on any atom is 0.0818 e. The fourth-order valence-corrected chi connectivity index (χ4v) is 2.10. The van der Waals surface area contributed by atoms with Gasteiger partial charge in [0.05, 0.1) is 12.7 Å². The molecular weight excluding hydrogens is 176 g/mol. The lowest BCUT2D eigenvalue weighted by molar-refractivity contribution is 0.112. The van der Waals surface area contributed by atoms with Crippen LogP contribution in [0.15, 0.2) is 23.8 Å². The molecule has 2 unspecified atom stereocenters. The Bertz CT molecular complexity index is 212. The Kier molecular flexibility index (Phi) is 4.36. The Hall–Kier alpha value is -0.600. The normalized spacial score (nSPS) is 31.1. The Labute approximate surface area is 86.3 Å². The number of rotatable bonds is 3. The Morgan fingerprint density at radius 1 is 1.57 bits per heavy atom. The molecule has 2 heteroatoms. The molecule has 0 bridgehead atoms. The van der Waals surface area contributed by atoms with E-state index in [9.17, 15) is 0 Å². The van der Waals surface area contributed by atoms with E-state index in [-0.39, 0.29) is 12.7 Å². The molecule has 2 nitrogen and oxygen atoms in total. The minimum absolute atomic E-state index is 0.134. The predicted octanol–water partition coefficient (Wildman–Crippen LogP) is 2.30. The van der Waals surface area contributed by atoms with Crippen LogP contribution in [0, 0.1) is 5.92 Å². The van der Waals surface area contributed by atoms with E-state index in [1.54, 1.807) is 7.11 Å². The first-order chi connectivity index (χ1) is 6.72. The number of aliphatic hydroxyl groups excluding tert-OH is 1. The highest BCUT2D eigenvalue weighted by atomic mass is 16.5. The quantitative estimate of drug-likeness (QED) is 0.702. The van der Waals surface area contributed by atoms with Crippen LogP contribution >= 0.6 is 0 Å². The van der Waals surface area contributed by atoms with Gasteiger partial charge in [-0.3, -0.25) is 0 Å². The Balaban J connectivity index is 2.73. The van der Waals surface area contributed by atoms with E-state index in [0.29, 0.717) is 5.92 Å². The lowest BCUT2D eigenvalue weighted by Gasteiger charge is -2.32. The summed E-state index contributed by atoms with van der Waals surface area (Å²) in [6.45, 7) is 6.40. The van der Waals surface area contributed by atoms with Gasteiger partial charge in [-0.05, 0) is 30.8 Å². The largest absolute Gasteiger partial charge is 0.392 e. The van der Waals surface area contributed by atoms with Crippen molar-refractivity contribution < 1.29 is 9.84 Å². The Morgan fingerprint density at radius 3 is 2.79 bits per heavy atom. The van der Waals surface area contributed by atoms with E-state index in [4.69, 9.17) is 9.84 Å². The topological polar surface area (TPSA) is 29.5 Å². The fraction of sp³-hybridized carbons (Fsp3) is 0.667. The second-order valence-electron chi connectivity index (χ2n) is 3.86. The summed E-state index contributed by atoms with van der Waals surface area (Å²) in [6.07, 6.45) is 5.08. The minimum Gasteiger partial charge on any atom is -0.392 e.